The molecule has 13 heavy (non-hydrogen) atoms. The molecule has 0 aromatic heterocycles. The average molecular weight is 198 g/mol. The summed E-state index contributed by atoms with van der Waals surface area (Å²) in [4.78, 5) is 0. The van der Waals surface area contributed by atoms with E-state index in [9.17, 15) is 0 Å². The Labute approximate surface area is 86.9 Å². The van der Waals surface area contributed by atoms with Crippen LogP contribution in [0.5, 0.6) is 0 Å². The molecule has 0 heterocycles. The molecule has 3 unspecified atom stereocenters. The first-order valence-electron chi connectivity index (χ1n) is 5.53. The van der Waals surface area contributed by atoms with Crippen LogP contribution >= 0.6 is 11.8 Å². The highest BCUT2D eigenvalue weighted by atomic mass is 32.2. The van der Waals surface area contributed by atoms with E-state index >= 15 is 0 Å². The molecule has 0 N–H and O–H groups in total. The number of hydrogen-bond donors (Lipinski definition) is 0. The van der Waals surface area contributed by atoms with Gasteiger partial charge in [0.2, 0.25) is 0 Å². The van der Waals surface area contributed by atoms with Gasteiger partial charge in [-0.25, -0.2) is 0 Å². The van der Waals surface area contributed by atoms with Crippen LogP contribution in [0.4, 0.5) is 0 Å². The molecule has 0 aromatic rings. The normalized spacial score (nSPS) is 47.1. The Morgan fingerprint density at radius 1 is 1.38 bits per heavy atom. The van der Waals surface area contributed by atoms with Crippen molar-refractivity contribution in [3.63, 3.8) is 0 Å². The Bertz CT molecular complexity index is 209. The standard InChI is InChI=1S/C12H22S/c1-9-7-10-5-6-12(9,8-13-4)11(10,2)3/h9-10H,5-8H2,1-4H3. The van der Waals surface area contributed by atoms with Gasteiger partial charge < -0.3 is 0 Å². The van der Waals surface area contributed by atoms with Crippen molar-refractivity contribution < 1.29 is 0 Å². The van der Waals surface area contributed by atoms with Gasteiger partial charge in [-0.15, -0.1) is 0 Å². The van der Waals surface area contributed by atoms with Crippen molar-refractivity contribution >= 4 is 11.8 Å². The first-order valence-corrected chi connectivity index (χ1v) is 6.93. The Balaban J connectivity index is 2.31. The average Bonchev–Trinajstić information content (AvgIpc) is 2.38. The van der Waals surface area contributed by atoms with Gasteiger partial charge in [0, 0.05) is 0 Å². The lowest BCUT2D eigenvalue weighted by molar-refractivity contribution is 0.118. The van der Waals surface area contributed by atoms with Crippen LogP contribution in [-0.4, -0.2) is 12.0 Å². The molecular weight excluding hydrogens is 176 g/mol. The van der Waals surface area contributed by atoms with Crippen molar-refractivity contribution in [3.8, 4) is 0 Å². The number of thioether (sulfide) groups is 1. The molecule has 2 saturated carbocycles. The van der Waals surface area contributed by atoms with E-state index in [2.05, 4.69) is 38.8 Å². The molecule has 0 radical (unpaired) electrons. The molecule has 0 spiro atoms. The highest BCUT2D eigenvalue weighted by Crippen LogP contribution is 2.68. The second-order valence-corrected chi connectivity index (χ2v) is 6.55. The van der Waals surface area contributed by atoms with Crippen LogP contribution in [0.15, 0.2) is 0 Å². The molecule has 2 aliphatic rings. The fourth-order valence-electron chi connectivity index (χ4n) is 4.13. The van der Waals surface area contributed by atoms with Crippen LogP contribution in [0, 0.1) is 22.7 Å². The zero-order valence-electron chi connectivity index (χ0n) is 9.39. The maximum Gasteiger partial charge on any atom is -0.000581 e. The Morgan fingerprint density at radius 3 is 2.46 bits per heavy atom. The van der Waals surface area contributed by atoms with Crippen LogP contribution in [0.2, 0.25) is 0 Å². The Morgan fingerprint density at radius 2 is 2.08 bits per heavy atom. The van der Waals surface area contributed by atoms with Crippen LogP contribution in [0.25, 0.3) is 0 Å². The lowest BCUT2D eigenvalue weighted by atomic mass is 9.67. The van der Waals surface area contributed by atoms with E-state index in [1.165, 1.54) is 25.0 Å². The van der Waals surface area contributed by atoms with Gasteiger partial charge in [-0.05, 0) is 53.9 Å². The predicted molar refractivity (Wildman–Crippen MR) is 61.1 cm³/mol. The molecule has 2 aliphatic carbocycles. The van der Waals surface area contributed by atoms with E-state index < -0.39 is 0 Å². The van der Waals surface area contributed by atoms with E-state index in [-0.39, 0.29) is 0 Å². The minimum Gasteiger partial charge on any atom is -0.165 e. The zero-order valence-corrected chi connectivity index (χ0v) is 10.2. The topological polar surface area (TPSA) is 0 Å². The third-order valence-corrected chi connectivity index (χ3v) is 6.03. The minimum atomic E-state index is 0.620. The van der Waals surface area contributed by atoms with Crippen molar-refractivity contribution in [1.82, 2.24) is 0 Å². The number of hydrogen-bond acceptors (Lipinski definition) is 1. The van der Waals surface area contributed by atoms with E-state index in [1.807, 2.05) is 0 Å². The van der Waals surface area contributed by atoms with Gasteiger partial charge in [0.1, 0.15) is 0 Å². The summed E-state index contributed by atoms with van der Waals surface area (Å²) < 4.78 is 0. The minimum absolute atomic E-state index is 0.620. The third-order valence-electron chi connectivity index (χ3n) is 5.23. The Kier molecular flexibility index (Phi) is 2.22. The SMILES string of the molecule is CSCC12CCC(CC1C)C2(C)C. The molecule has 0 amide bonds. The lowest BCUT2D eigenvalue weighted by Gasteiger charge is -2.41. The van der Waals surface area contributed by atoms with Gasteiger partial charge >= 0.3 is 0 Å². The van der Waals surface area contributed by atoms with Crippen molar-refractivity contribution in [2.75, 3.05) is 12.0 Å². The summed E-state index contributed by atoms with van der Waals surface area (Å²) in [6.07, 6.45) is 6.75. The largest absolute Gasteiger partial charge is 0.165 e. The monoisotopic (exact) mass is 198 g/mol. The predicted octanol–water partition coefficient (Wildman–Crippen LogP) is 3.81. The molecular formula is C12H22S. The fourth-order valence-corrected chi connectivity index (χ4v) is 5.44. The molecule has 0 aliphatic heterocycles. The van der Waals surface area contributed by atoms with Crippen LogP contribution in [-0.2, 0) is 0 Å². The molecule has 2 rings (SSSR count). The van der Waals surface area contributed by atoms with Crippen molar-refractivity contribution in [2.24, 2.45) is 22.7 Å². The molecule has 76 valence electrons. The smallest absolute Gasteiger partial charge is 0.000581 e. The maximum absolute atomic E-state index is 2.52. The third kappa shape index (κ3) is 1.06. The maximum atomic E-state index is 2.52. The summed E-state index contributed by atoms with van der Waals surface area (Å²) in [5.74, 6) is 3.38. The second kappa shape index (κ2) is 2.92. The molecule has 2 bridgehead atoms. The van der Waals surface area contributed by atoms with Crippen LogP contribution < -0.4 is 0 Å². The van der Waals surface area contributed by atoms with Crippen LogP contribution in [0.1, 0.15) is 40.0 Å². The molecule has 2 fully saturated rings. The van der Waals surface area contributed by atoms with Gasteiger partial charge in [-0.2, -0.15) is 11.8 Å². The van der Waals surface area contributed by atoms with Gasteiger partial charge in [-0.3, -0.25) is 0 Å². The summed E-state index contributed by atoms with van der Waals surface area (Å²) in [5, 5.41) is 0. The van der Waals surface area contributed by atoms with E-state index in [0.29, 0.717) is 10.8 Å². The molecule has 0 saturated heterocycles. The second-order valence-electron chi connectivity index (χ2n) is 5.68. The van der Waals surface area contributed by atoms with Gasteiger partial charge in [0.25, 0.3) is 0 Å². The number of fused-ring (bicyclic) bond motifs is 2. The number of rotatable bonds is 2. The van der Waals surface area contributed by atoms with Gasteiger partial charge in [0.05, 0.1) is 0 Å². The van der Waals surface area contributed by atoms with Gasteiger partial charge in [-0.1, -0.05) is 20.8 Å². The molecule has 1 heteroatoms. The van der Waals surface area contributed by atoms with E-state index in [4.69, 9.17) is 0 Å². The summed E-state index contributed by atoms with van der Waals surface area (Å²) in [6.45, 7) is 7.52. The van der Waals surface area contributed by atoms with Crippen molar-refractivity contribution in [3.05, 3.63) is 0 Å². The molecule has 3 atom stereocenters. The molecule has 0 nitrogen and oxygen atoms in total. The highest BCUT2D eigenvalue weighted by molar-refractivity contribution is 7.98. The van der Waals surface area contributed by atoms with Crippen molar-refractivity contribution in [2.45, 2.75) is 40.0 Å². The van der Waals surface area contributed by atoms with E-state index in [0.717, 1.165) is 11.8 Å². The van der Waals surface area contributed by atoms with Crippen molar-refractivity contribution in [1.29, 1.82) is 0 Å². The van der Waals surface area contributed by atoms with Crippen LogP contribution in [0.3, 0.4) is 0 Å². The summed E-state index contributed by atoms with van der Waals surface area (Å²) in [5.41, 5.74) is 1.30. The van der Waals surface area contributed by atoms with E-state index in [1.54, 1.807) is 0 Å². The van der Waals surface area contributed by atoms with Gasteiger partial charge in [0.15, 0.2) is 0 Å². The molecule has 0 aromatic carbocycles. The zero-order chi connectivity index (χ0) is 9.69. The summed E-state index contributed by atoms with van der Waals surface area (Å²) in [7, 11) is 0. The highest BCUT2D eigenvalue weighted by Gasteiger charge is 2.61. The first-order chi connectivity index (χ1) is 6.04. The Hall–Kier alpha value is 0.350. The first kappa shape index (κ1) is 9.89. The fraction of sp³-hybridized carbons (Fsp3) is 1.00. The quantitative estimate of drug-likeness (QED) is 0.650. The lowest BCUT2D eigenvalue weighted by Crippen LogP contribution is -2.36. The summed E-state index contributed by atoms with van der Waals surface area (Å²) in [6, 6.07) is 0. The summed E-state index contributed by atoms with van der Waals surface area (Å²) >= 11 is 2.06.